The highest BCUT2D eigenvalue weighted by molar-refractivity contribution is 6.05. The molecule has 1 heterocycles. The first-order valence-corrected chi connectivity index (χ1v) is 9.84. The summed E-state index contributed by atoms with van der Waals surface area (Å²) in [5.74, 6) is -0.157. The number of nitrogens with two attached hydrogens (primary N) is 1. The maximum atomic E-state index is 12.7. The summed E-state index contributed by atoms with van der Waals surface area (Å²) in [6.07, 6.45) is 3.77. The first-order chi connectivity index (χ1) is 14.5. The Kier molecular flexibility index (Phi) is 5.35. The lowest BCUT2D eigenvalue weighted by atomic mass is 9.85. The van der Waals surface area contributed by atoms with Gasteiger partial charge in [-0.15, -0.1) is 0 Å². The number of H-pyrrole nitrogens is 1. The Balaban J connectivity index is 1.65. The second-order valence-corrected chi connectivity index (χ2v) is 7.55. The van der Waals surface area contributed by atoms with Crippen LogP contribution in [0, 0.1) is 13.8 Å². The molecular weight excluding hydrogens is 372 g/mol. The molecule has 0 aliphatic rings. The normalized spacial score (nSPS) is 11.8. The largest absolute Gasteiger partial charge is 0.397 e. The van der Waals surface area contributed by atoms with E-state index in [1.807, 2.05) is 48.8 Å². The highest BCUT2D eigenvalue weighted by Crippen LogP contribution is 2.32. The molecule has 0 radical (unpaired) electrons. The number of anilines is 2. The lowest BCUT2D eigenvalue weighted by Gasteiger charge is -2.18. The third kappa shape index (κ3) is 4.10. The zero-order valence-electron chi connectivity index (χ0n) is 17.0. The lowest BCUT2D eigenvalue weighted by molar-refractivity contribution is 0.102. The van der Waals surface area contributed by atoms with Crippen LogP contribution in [0.25, 0.3) is 0 Å². The molecule has 4 rings (SSSR count). The second kappa shape index (κ2) is 8.25. The molecule has 0 fully saturated rings. The van der Waals surface area contributed by atoms with Gasteiger partial charge < -0.3 is 11.1 Å². The van der Waals surface area contributed by atoms with Gasteiger partial charge in [0.1, 0.15) is 0 Å². The molecule has 0 bridgehead atoms. The fourth-order valence-corrected chi connectivity index (χ4v) is 3.80. The van der Waals surface area contributed by atoms with E-state index in [0.29, 0.717) is 16.9 Å². The number of carbonyl (C=O) groups excluding carboxylic acids is 1. The van der Waals surface area contributed by atoms with Crippen LogP contribution in [0.5, 0.6) is 0 Å². The molecular formula is C25H24N4O. The van der Waals surface area contributed by atoms with Crippen LogP contribution in [-0.2, 0) is 0 Å². The molecule has 5 heteroatoms. The zero-order chi connectivity index (χ0) is 21.1. The van der Waals surface area contributed by atoms with Crippen LogP contribution in [0.15, 0.2) is 79.1 Å². The molecule has 1 aromatic heterocycles. The van der Waals surface area contributed by atoms with E-state index in [2.05, 4.69) is 47.6 Å². The number of hydrogen-bond donors (Lipinski definition) is 3. The number of nitrogens with zero attached hydrogens (tertiary/aromatic N) is 1. The molecule has 150 valence electrons. The van der Waals surface area contributed by atoms with Crippen LogP contribution in [0.4, 0.5) is 11.4 Å². The van der Waals surface area contributed by atoms with Crippen LogP contribution in [0.3, 0.4) is 0 Å². The summed E-state index contributed by atoms with van der Waals surface area (Å²) in [6.45, 7) is 4.21. The van der Waals surface area contributed by atoms with Gasteiger partial charge in [-0.25, -0.2) is 0 Å². The predicted octanol–water partition coefficient (Wildman–Crippen LogP) is 5.04. The van der Waals surface area contributed by atoms with Crippen molar-refractivity contribution in [3.63, 3.8) is 0 Å². The summed E-state index contributed by atoms with van der Waals surface area (Å²) in [5.41, 5.74) is 13.5. The van der Waals surface area contributed by atoms with E-state index in [1.165, 1.54) is 16.7 Å². The summed E-state index contributed by atoms with van der Waals surface area (Å²) in [4.78, 5) is 12.7. The van der Waals surface area contributed by atoms with Crippen LogP contribution in [0.2, 0.25) is 0 Å². The Hall–Kier alpha value is -3.86. The monoisotopic (exact) mass is 396 g/mol. The Bertz CT molecular complexity index is 1140. The minimum Gasteiger partial charge on any atom is -0.397 e. The van der Waals surface area contributed by atoms with Crippen molar-refractivity contribution < 1.29 is 4.79 Å². The van der Waals surface area contributed by atoms with Gasteiger partial charge in [0.25, 0.3) is 5.91 Å². The number of nitrogen functional groups attached to an aromatic ring is 1. The Morgan fingerprint density at radius 3 is 2.27 bits per heavy atom. The van der Waals surface area contributed by atoms with Gasteiger partial charge in [-0.3, -0.25) is 9.89 Å². The summed E-state index contributed by atoms with van der Waals surface area (Å²) in [5, 5.41) is 9.92. The van der Waals surface area contributed by atoms with Gasteiger partial charge in [-0.2, -0.15) is 5.10 Å². The molecule has 3 aromatic carbocycles. The van der Waals surface area contributed by atoms with Crippen molar-refractivity contribution >= 4 is 17.3 Å². The summed E-state index contributed by atoms with van der Waals surface area (Å²) in [6, 6.07) is 21.5. The average Bonchev–Trinajstić information content (AvgIpc) is 3.24. The van der Waals surface area contributed by atoms with E-state index in [1.54, 1.807) is 12.1 Å². The minimum atomic E-state index is -0.189. The third-order valence-corrected chi connectivity index (χ3v) is 5.15. The van der Waals surface area contributed by atoms with Crippen molar-refractivity contribution in [3.05, 3.63) is 113 Å². The Morgan fingerprint density at radius 2 is 1.63 bits per heavy atom. The van der Waals surface area contributed by atoms with E-state index in [4.69, 9.17) is 5.73 Å². The molecule has 0 saturated carbocycles. The van der Waals surface area contributed by atoms with Crippen LogP contribution >= 0.6 is 0 Å². The van der Waals surface area contributed by atoms with Crippen LogP contribution in [0.1, 0.15) is 44.1 Å². The molecule has 0 spiro atoms. The molecule has 4 N–H and O–H groups in total. The molecule has 5 nitrogen and oxygen atoms in total. The first-order valence-electron chi connectivity index (χ1n) is 9.84. The average molecular weight is 396 g/mol. The number of hydrogen-bond acceptors (Lipinski definition) is 3. The smallest absolute Gasteiger partial charge is 0.255 e. The van der Waals surface area contributed by atoms with Crippen molar-refractivity contribution in [2.75, 3.05) is 11.1 Å². The standard InChI is InChI=1S/C25H24N4O/c1-16-11-17(2)13-20(12-16)24(21-14-27-28-15-21)18-7-9-19(10-8-18)25(30)29-23-6-4-3-5-22(23)26/h3-15,24H,26H2,1-2H3,(H,27,28)(H,29,30). The Labute approximate surface area is 176 Å². The zero-order valence-corrected chi connectivity index (χ0v) is 17.0. The second-order valence-electron chi connectivity index (χ2n) is 7.55. The molecule has 30 heavy (non-hydrogen) atoms. The van der Waals surface area contributed by atoms with Gasteiger partial charge in [0.05, 0.1) is 17.6 Å². The van der Waals surface area contributed by atoms with Gasteiger partial charge >= 0.3 is 0 Å². The maximum Gasteiger partial charge on any atom is 0.255 e. The maximum absolute atomic E-state index is 12.7. The molecule has 4 aromatic rings. The van der Waals surface area contributed by atoms with Crippen molar-refractivity contribution in [1.29, 1.82) is 0 Å². The summed E-state index contributed by atoms with van der Waals surface area (Å²) in [7, 11) is 0. The topological polar surface area (TPSA) is 83.8 Å². The van der Waals surface area contributed by atoms with Crippen molar-refractivity contribution in [1.82, 2.24) is 10.2 Å². The van der Waals surface area contributed by atoms with Gasteiger partial charge in [0.15, 0.2) is 0 Å². The molecule has 0 aliphatic carbocycles. The SMILES string of the molecule is Cc1cc(C)cc(C(c2ccc(C(=O)Nc3ccccc3N)cc2)c2cn[nH]c2)c1. The number of carbonyl (C=O) groups is 1. The number of aryl methyl sites for hydroxylation is 2. The van der Waals surface area contributed by atoms with Crippen molar-refractivity contribution in [2.45, 2.75) is 19.8 Å². The fraction of sp³-hybridized carbons (Fsp3) is 0.120. The highest BCUT2D eigenvalue weighted by Gasteiger charge is 2.19. The van der Waals surface area contributed by atoms with E-state index < -0.39 is 0 Å². The predicted molar refractivity (Wildman–Crippen MR) is 121 cm³/mol. The third-order valence-electron chi connectivity index (χ3n) is 5.15. The number of para-hydroxylation sites is 2. The number of nitrogens with one attached hydrogen (secondary N) is 2. The first kappa shape index (κ1) is 19.5. The molecule has 0 aliphatic heterocycles. The molecule has 1 unspecified atom stereocenters. The van der Waals surface area contributed by atoms with Crippen molar-refractivity contribution in [2.24, 2.45) is 0 Å². The molecule has 1 amide bonds. The van der Waals surface area contributed by atoms with Gasteiger partial charge in [-0.1, -0.05) is 53.6 Å². The van der Waals surface area contributed by atoms with Crippen molar-refractivity contribution in [3.8, 4) is 0 Å². The molecule has 0 saturated heterocycles. The summed E-state index contributed by atoms with van der Waals surface area (Å²) >= 11 is 0. The number of aromatic amines is 1. The van der Waals surface area contributed by atoms with E-state index in [0.717, 1.165) is 11.1 Å². The summed E-state index contributed by atoms with van der Waals surface area (Å²) < 4.78 is 0. The van der Waals surface area contributed by atoms with Crippen LogP contribution in [-0.4, -0.2) is 16.1 Å². The number of amides is 1. The van der Waals surface area contributed by atoms with Gasteiger partial charge in [-0.05, 0) is 49.2 Å². The van der Waals surface area contributed by atoms with E-state index in [9.17, 15) is 4.79 Å². The number of aromatic nitrogens is 2. The van der Waals surface area contributed by atoms with Gasteiger partial charge in [0.2, 0.25) is 0 Å². The quantitative estimate of drug-likeness (QED) is 0.413. The fourth-order valence-electron chi connectivity index (χ4n) is 3.80. The highest BCUT2D eigenvalue weighted by atomic mass is 16.1. The number of rotatable bonds is 5. The van der Waals surface area contributed by atoms with E-state index in [-0.39, 0.29) is 11.8 Å². The van der Waals surface area contributed by atoms with E-state index >= 15 is 0 Å². The van der Waals surface area contributed by atoms with Gasteiger partial charge in [0, 0.05) is 23.2 Å². The lowest BCUT2D eigenvalue weighted by Crippen LogP contribution is -2.13. The minimum absolute atomic E-state index is 0.0317. The number of benzene rings is 3. The Morgan fingerprint density at radius 1 is 0.933 bits per heavy atom. The van der Waals surface area contributed by atoms with Crippen LogP contribution < -0.4 is 11.1 Å². The molecule has 1 atom stereocenters.